The van der Waals surface area contributed by atoms with Gasteiger partial charge in [-0.3, -0.25) is 0 Å². The van der Waals surface area contributed by atoms with Crippen LogP contribution in [-0.2, 0) is 6.61 Å². The molecule has 0 saturated heterocycles. The fraction of sp³-hybridized carbons (Fsp3) is 0.0769. The molecule has 0 radical (unpaired) electrons. The van der Waals surface area contributed by atoms with Crippen LogP contribution in [0.4, 0.5) is 8.78 Å². The van der Waals surface area contributed by atoms with E-state index in [9.17, 15) is 13.9 Å². The topological polar surface area (TPSA) is 20.2 Å². The van der Waals surface area contributed by atoms with Gasteiger partial charge in [-0.2, -0.15) is 0 Å². The largest absolute Gasteiger partial charge is 0.392 e. The molecule has 2 rings (SSSR count). The molecule has 18 heavy (non-hydrogen) atoms. The minimum absolute atomic E-state index is 0.146. The predicted octanol–water partition coefficient (Wildman–Crippen LogP) is 4.37. The van der Waals surface area contributed by atoms with Gasteiger partial charge in [0, 0.05) is 9.37 Å². The van der Waals surface area contributed by atoms with Crippen molar-refractivity contribution in [1.29, 1.82) is 0 Å². The van der Waals surface area contributed by atoms with Gasteiger partial charge in [0.15, 0.2) is 0 Å². The van der Waals surface area contributed by atoms with E-state index in [0.717, 1.165) is 34.4 Å². The van der Waals surface area contributed by atoms with Gasteiger partial charge in [-0.15, -0.1) is 0 Å². The molecular weight excluding hydrogens is 322 g/mol. The molecule has 1 nitrogen and oxygen atoms in total. The number of benzene rings is 2. The smallest absolute Gasteiger partial charge is 0.137 e. The summed E-state index contributed by atoms with van der Waals surface area (Å²) in [5, 5.41) is 9.21. The normalized spacial score (nSPS) is 10.7. The summed E-state index contributed by atoms with van der Waals surface area (Å²) in [6.07, 6.45) is 0. The van der Waals surface area contributed by atoms with Crippen LogP contribution >= 0.6 is 27.7 Å². The van der Waals surface area contributed by atoms with Crippen molar-refractivity contribution >= 4 is 27.7 Å². The van der Waals surface area contributed by atoms with E-state index in [2.05, 4.69) is 15.9 Å². The van der Waals surface area contributed by atoms with Gasteiger partial charge in [-0.05, 0) is 35.9 Å². The fourth-order valence-electron chi connectivity index (χ4n) is 1.43. The van der Waals surface area contributed by atoms with E-state index in [1.807, 2.05) is 0 Å². The van der Waals surface area contributed by atoms with Crippen LogP contribution in [0.5, 0.6) is 0 Å². The molecule has 2 aromatic carbocycles. The van der Waals surface area contributed by atoms with Crippen molar-refractivity contribution < 1.29 is 13.9 Å². The average molecular weight is 331 g/mol. The maximum atomic E-state index is 13.5. The minimum Gasteiger partial charge on any atom is -0.392 e. The number of rotatable bonds is 3. The summed E-state index contributed by atoms with van der Waals surface area (Å²) in [5.74, 6) is -0.968. The van der Waals surface area contributed by atoms with Gasteiger partial charge in [0.05, 0.1) is 11.5 Å². The standard InChI is InChI=1S/C13H9BrF2OS/c14-9-2-1-8(7-17)12(5-9)18-13-6-10(15)3-4-11(13)16/h1-6,17H,7H2. The van der Waals surface area contributed by atoms with E-state index in [4.69, 9.17) is 0 Å². The van der Waals surface area contributed by atoms with Crippen LogP contribution in [-0.4, -0.2) is 5.11 Å². The molecule has 0 spiro atoms. The summed E-state index contributed by atoms with van der Waals surface area (Å²) in [6.45, 7) is -0.146. The first-order valence-electron chi connectivity index (χ1n) is 5.12. The van der Waals surface area contributed by atoms with Crippen molar-refractivity contribution in [3.8, 4) is 0 Å². The number of aliphatic hydroxyl groups excluding tert-OH is 1. The van der Waals surface area contributed by atoms with Gasteiger partial charge in [-0.1, -0.05) is 33.8 Å². The molecule has 0 amide bonds. The zero-order valence-corrected chi connectivity index (χ0v) is 11.6. The van der Waals surface area contributed by atoms with Crippen LogP contribution in [0, 0.1) is 11.6 Å². The fourth-order valence-corrected chi connectivity index (χ4v) is 2.96. The third-order valence-corrected chi connectivity index (χ3v) is 3.94. The minimum atomic E-state index is -0.487. The second-order valence-electron chi connectivity index (χ2n) is 3.59. The lowest BCUT2D eigenvalue weighted by atomic mass is 10.2. The van der Waals surface area contributed by atoms with Crippen LogP contribution < -0.4 is 0 Å². The molecule has 0 aliphatic heterocycles. The maximum absolute atomic E-state index is 13.5. The molecule has 0 fully saturated rings. The molecule has 0 unspecified atom stereocenters. The Morgan fingerprint density at radius 3 is 2.56 bits per heavy atom. The second-order valence-corrected chi connectivity index (χ2v) is 5.59. The molecule has 0 saturated carbocycles. The third-order valence-electron chi connectivity index (χ3n) is 2.31. The van der Waals surface area contributed by atoms with E-state index in [0.29, 0.717) is 10.5 Å². The number of hydrogen-bond acceptors (Lipinski definition) is 2. The molecule has 2 aromatic rings. The highest BCUT2D eigenvalue weighted by atomic mass is 79.9. The van der Waals surface area contributed by atoms with Gasteiger partial charge < -0.3 is 5.11 Å². The highest BCUT2D eigenvalue weighted by molar-refractivity contribution is 9.10. The van der Waals surface area contributed by atoms with Crippen LogP contribution in [0.1, 0.15) is 5.56 Å². The first kappa shape index (κ1) is 13.5. The number of halogens is 3. The van der Waals surface area contributed by atoms with Crippen molar-refractivity contribution in [3.05, 3.63) is 58.1 Å². The number of aliphatic hydroxyl groups is 1. The lowest BCUT2D eigenvalue weighted by Gasteiger charge is -2.08. The van der Waals surface area contributed by atoms with Crippen molar-refractivity contribution in [3.63, 3.8) is 0 Å². The summed E-state index contributed by atoms with van der Waals surface area (Å²) in [6, 6.07) is 8.60. The maximum Gasteiger partial charge on any atom is 0.137 e. The molecule has 0 aliphatic carbocycles. The Balaban J connectivity index is 2.38. The zero-order valence-electron chi connectivity index (χ0n) is 9.16. The van der Waals surface area contributed by atoms with Gasteiger partial charge in [0.1, 0.15) is 11.6 Å². The van der Waals surface area contributed by atoms with E-state index in [1.165, 1.54) is 0 Å². The lowest BCUT2D eigenvalue weighted by Crippen LogP contribution is -1.89. The van der Waals surface area contributed by atoms with Crippen molar-refractivity contribution in [2.24, 2.45) is 0 Å². The van der Waals surface area contributed by atoms with E-state index >= 15 is 0 Å². The summed E-state index contributed by atoms with van der Waals surface area (Å²) >= 11 is 4.40. The molecular formula is C13H9BrF2OS. The Bertz CT molecular complexity index is 575. The van der Waals surface area contributed by atoms with E-state index < -0.39 is 11.6 Å². The van der Waals surface area contributed by atoms with Crippen LogP contribution in [0.25, 0.3) is 0 Å². The first-order valence-corrected chi connectivity index (χ1v) is 6.73. The van der Waals surface area contributed by atoms with Gasteiger partial charge in [-0.25, -0.2) is 8.78 Å². The average Bonchev–Trinajstić information content (AvgIpc) is 2.34. The van der Waals surface area contributed by atoms with Crippen molar-refractivity contribution in [1.82, 2.24) is 0 Å². The van der Waals surface area contributed by atoms with Gasteiger partial charge in [0.2, 0.25) is 0 Å². The Labute approximate surface area is 116 Å². The van der Waals surface area contributed by atoms with Gasteiger partial charge in [0.25, 0.3) is 0 Å². The Kier molecular flexibility index (Phi) is 4.37. The Morgan fingerprint density at radius 1 is 1.06 bits per heavy atom. The summed E-state index contributed by atoms with van der Waals surface area (Å²) in [5.41, 5.74) is 0.673. The molecule has 0 heterocycles. The molecule has 1 N–H and O–H groups in total. The summed E-state index contributed by atoms with van der Waals surface area (Å²) in [4.78, 5) is 0.888. The molecule has 94 valence electrons. The van der Waals surface area contributed by atoms with E-state index in [-0.39, 0.29) is 11.5 Å². The highest BCUT2D eigenvalue weighted by Crippen LogP contribution is 2.34. The number of hydrogen-bond donors (Lipinski definition) is 1. The monoisotopic (exact) mass is 330 g/mol. The van der Waals surface area contributed by atoms with Crippen LogP contribution in [0.3, 0.4) is 0 Å². The zero-order chi connectivity index (χ0) is 13.1. The van der Waals surface area contributed by atoms with Crippen LogP contribution in [0.2, 0.25) is 0 Å². The summed E-state index contributed by atoms with van der Waals surface area (Å²) in [7, 11) is 0. The van der Waals surface area contributed by atoms with Crippen molar-refractivity contribution in [2.45, 2.75) is 16.4 Å². The molecule has 0 aromatic heterocycles. The Morgan fingerprint density at radius 2 is 1.83 bits per heavy atom. The molecule has 0 aliphatic rings. The SMILES string of the molecule is OCc1ccc(Br)cc1Sc1cc(F)ccc1F. The molecule has 0 atom stereocenters. The van der Waals surface area contributed by atoms with Crippen LogP contribution in [0.15, 0.2) is 50.7 Å². The van der Waals surface area contributed by atoms with Crippen molar-refractivity contribution in [2.75, 3.05) is 0 Å². The van der Waals surface area contributed by atoms with Gasteiger partial charge >= 0.3 is 0 Å². The predicted molar refractivity (Wildman–Crippen MR) is 70.5 cm³/mol. The van der Waals surface area contributed by atoms with E-state index in [1.54, 1.807) is 18.2 Å². The molecule has 0 bridgehead atoms. The highest BCUT2D eigenvalue weighted by Gasteiger charge is 2.09. The summed E-state index contributed by atoms with van der Waals surface area (Å²) < 4.78 is 27.4. The first-order chi connectivity index (χ1) is 8.60. The third kappa shape index (κ3) is 3.10. The quantitative estimate of drug-likeness (QED) is 0.901. The molecule has 5 heteroatoms. The Hall–Kier alpha value is -0.910. The lowest BCUT2D eigenvalue weighted by molar-refractivity contribution is 0.279. The second kappa shape index (κ2) is 5.82.